The van der Waals surface area contributed by atoms with Gasteiger partial charge in [-0.3, -0.25) is 0 Å². The lowest BCUT2D eigenvalue weighted by Crippen LogP contribution is -2.41. The van der Waals surface area contributed by atoms with Gasteiger partial charge in [0.05, 0.1) is 23.9 Å². The Morgan fingerprint density at radius 2 is 1.88 bits per heavy atom. The number of methoxy groups -OCH3 is 1. The zero-order valence-corrected chi connectivity index (χ0v) is 15.6. The summed E-state index contributed by atoms with van der Waals surface area (Å²) in [6, 6.07) is 4.31. The molecule has 0 spiro atoms. The number of nitrogens with one attached hydrogen (secondary N) is 1. The van der Waals surface area contributed by atoms with Crippen molar-refractivity contribution in [3.05, 3.63) is 40.6 Å². The number of rotatable bonds is 5. The first-order valence-corrected chi connectivity index (χ1v) is 8.20. The van der Waals surface area contributed by atoms with Crippen LogP contribution in [-0.2, 0) is 14.0 Å². The topological polar surface area (TPSA) is 56.8 Å². The van der Waals surface area contributed by atoms with E-state index in [0.717, 1.165) is 5.47 Å². The van der Waals surface area contributed by atoms with Crippen LogP contribution in [0, 0.1) is 5.82 Å². The Morgan fingerprint density at radius 3 is 2.40 bits per heavy atom. The molecule has 0 unspecified atom stereocenters. The number of hydrogen-bond acceptors (Lipinski definition) is 5. The smallest absolute Gasteiger partial charge is 0.465 e. The zero-order chi connectivity index (χ0) is 18.8. The second-order valence-corrected chi connectivity index (χ2v) is 7.07. The van der Waals surface area contributed by atoms with Crippen molar-refractivity contribution in [2.24, 2.45) is 0 Å². The summed E-state index contributed by atoms with van der Waals surface area (Å²) < 4.78 is 30.6. The molecule has 0 aliphatic carbocycles. The van der Waals surface area contributed by atoms with Crippen molar-refractivity contribution >= 4 is 19.2 Å². The van der Waals surface area contributed by atoms with E-state index in [9.17, 15) is 9.18 Å². The SMILES string of the molecule is CNCC(=Cc1ccc(F)c(C(=O)OC)c1)B1OC(C)(C)C(C)(C)O1. The van der Waals surface area contributed by atoms with Gasteiger partial charge in [-0.25, -0.2) is 9.18 Å². The van der Waals surface area contributed by atoms with E-state index in [1.807, 2.05) is 40.8 Å². The van der Waals surface area contributed by atoms with E-state index in [4.69, 9.17) is 9.31 Å². The van der Waals surface area contributed by atoms with E-state index < -0.39 is 30.1 Å². The van der Waals surface area contributed by atoms with Crippen molar-refractivity contribution < 1.29 is 23.2 Å². The summed E-state index contributed by atoms with van der Waals surface area (Å²) >= 11 is 0. The van der Waals surface area contributed by atoms with Crippen LogP contribution in [0.3, 0.4) is 0 Å². The molecular weight excluding hydrogens is 324 g/mol. The summed E-state index contributed by atoms with van der Waals surface area (Å²) in [5.74, 6) is -1.33. The predicted octanol–water partition coefficient (Wildman–Crippen LogP) is 2.85. The Morgan fingerprint density at radius 1 is 1.28 bits per heavy atom. The molecule has 0 radical (unpaired) electrons. The maximum atomic E-state index is 13.8. The summed E-state index contributed by atoms with van der Waals surface area (Å²) in [5, 5.41) is 3.09. The Bertz CT molecular complexity index is 672. The molecule has 1 heterocycles. The lowest BCUT2D eigenvalue weighted by Gasteiger charge is -2.32. The molecule has 0 amide bonds. The molecule has 25 heavy (non-hydrogen) atoms. The number of ether oxygens (including phenoxy) is 1. The fourth-order valence-corrected chi connectivity index (χ4v) is 2.51. The van der Waals surface area contributed by atoms with Crippen LogP contribution in [0.2, 0.25) is 0 Å². The van der Waals surface area contributed by atoms with Crippen molar-refractivity contribution in [2.45, 2.75) is 38.9 Å². The Hall–Kier alpha value is -1.70. The highest BCUT2D eigenvalue weighted by Gasteiger charge is 2.52. The second-order valence-electron chi connectivity index (χ2n) is 7.07. The largest absolute Gasteiger partial charge is 0.491 e. The van der Waals surface area contributed by atoms with E-state index in [1.54, 1.807) is 6.07 Å². The molecule has 0 atom stereocenters. The van der Waals surface area contributed by atoms with Crippen molar-refractivity contribution in [1.29, 1.82) is 0 Å². The number of carbonyl (C=O) groups is 1. The number of benzene rings is 1. The molecule has 0 aromatic heterocycles. The van der Waals surface area contributed by atoms with Gasteiger partial charge in [-0.1, -0.05) is 12.1 Å². The van der Waals surface area contributed by atoms with E-state index in [1.165, 1.54) is 19.2 Å². The zero-order valence-electron chi connectivity index (χ0n) is 15.6. The third-order valence-electron chi connectivity index (χ3n) is 4.68. The number of likely N-dealkylation sites (N-methyl/N-ethyl adjacent to an activating group) is 1. The lowest BCUT2D eigenvalue weighted by molar-refractivity contribution is 0.00578. The van der Waals surface area contributed by atoms with Crippen molar-refractivity contribution in [2.75, 3.05) is 20.7 Å². The monoisotopic (exact) mass is 349 g/mol. The van der Waals surface area contributed by atoms with Gasteiger partial charge >= 0.3 is 13.1 Å². The molecule has 1 aliphatic rings. The van der Waals surface area contributed by atoms with Gasteiger partial charge in [0.1, 0.15) is 5.82 Å². The van der Waals surface area contributed by atoms with Crippen LogP contribution in [0.1, 0.15) is 43.6 Å². The van der Waals surface area contributed by atoms with Crippen LogP contribution >= 0.6 is 0 Å². The van der Waals surface area contributed by atoms with Crippen molar-refractivity contribution in [3.63, 3.8) is 0 Å². The average Bonchev–Trinajstić information content (AvgIpc) is 2.76. The van der Waals surface area contributed by atoms with Gasteiger partial charge in [0.15, 0.2) is 0 Å². The van der Waals surface area contributed by atoms with E-state index in [-0.39, 0.29) is 5.56 Å². The number of esters is 1. The van der Waals surface area contributed by atoms with Crippen LogP contribution in [0.4, 0.5) is 4.39 Å². The molecule has 1 aromatic rings. The molecule has 136 valence electrons. The first-order valence-electron chi connectivity index (χ1n) is 8.20. The summed E-state index contributed by atoms with van der Waals surface area (Å²) in [6.07, 6.45) is 1.84. The van der Waals surface area contributed by atoms with E-state index in [0.29, 0.717) is 12.1 Å². The van der Waals surface area contributed by atoms with Gasteiger partial charge in [-0.05, 0) is 57.9 Å². The molecule has 1 N–H and O–H groups in total. The van der Waals surface area contributed by atoms with Gasteiger partial charge in [0, 0.05) is 6.54 Å². The highest BCUT2D eigenvalue weighted by Crippen LogP contribution is 2.38. The maximum Gasteiger partial charge on any atom is 0.491 e. The highest BCUT2D eigenvalue weighted by molar-refractivity contribution is 6.55. The molecule has 1 fully saturated rings. The fraction of sp³-hybridized carbons (Fsp3) is 0.500. The Kier molecular flexibility index (Phi) is 5.71. The lowest BCUT2D eigenvalue weighted by atomic mass is 9.77. The van der Waals surface area contributed by atoms with E-state index >= 15 is 0 Å². The number of carbonyl (C=O) groups excluding carboxylic acids is 1. The molecule has 5 nitrogen and oxygen atoms in total. The minimum absolute atomic E-state index is 0.103. The molecule has 1 aromatic carbocycles. The van der Waals surface area contributed by atoms with Gasteiger partial charge < -0.3 is 19.4 Å². The fourth-order valence-electron chi connectivity index (χ4n) is 2.51. The third kappa shape index (κ3) is 4.11. The summed E-state index contributed by atoms with van der Waals surface area (Å²) in [5.41, 5.74) is 0.508. The van der Waals surface area contributed by atoms with Crippen LogP contribution in [0.5, 0.6) is 0 Å². The maximum absolute atomic E-state index is 13.8. The minimum Gasteiger partial charge on any atom is -0.465 e. The molecule has 7 heteroatoms. The molecule has 1 saturated heterocycles. The van der Waals surface area contributed by atoms with Crippen molar-refractivity contribution in [3.8, 4) is 0 Å². The Labute approximate surface area is 148 Å². The normalized spacial score (nSPS) is 19.2. The minimum atomic E-state index is -0.710. The first kappa shape index (κ1) is 19.6. The number of halogens is 1. The van der Waals surface area contributed by atoms with Gasteiger partial charge in [0.25, 0.3) is 0 Å². The Balaban J connectivity index is 2.37. The molecule has 0 bridgehead atoms. The van der Waals surface area contributed by atoms with Gasteiger partial charge in [-0.2, -0.15) is 0 Å². The van der Waals surface area contributed by atoms with Gasteiger partial charge in [0.2, 0.25) is 0 Å². The van der Waals surface area contributed by atoms with Crippen molar-refractivity contribution in [1.82, 2.24) is 5.32 Å². The first-order chi connectivity index (χ1) is 11.6. The highest BCUT2D eigenvalue weighted by atomic mass is 19.1. The predicted molar refractivity (Wildman–Crippen MR) is 95.7 cm³/mol. The van der Waals surface area contributed by atoms with Crippen LogP contribution in [0.25, 0.3) is 6.08 Å². The molecule has 0 saturated carbocycles. The molecule has 2 rings (SSSR count). The second kappa shape index (κ2) is 7.27. The average molecular weight is 349 g/mol. The molecule has 1 aliphatic heterocycles. The summed E-state index contributed by atoms with van der Waals surface area (Å²) in [4.78, 5) is 11.7. The third-order valence-corrected chi connectivity index (χ3v) is 4.68. The van der Waals surface area contributed by atoms with Gasteiger partial charge in [-0.15, -0.1) is 0 Å². The summed E-state index contributed by atoms with van der Waals surface area (Å²) in [7, 11) is 2.52. The van der Waals surface area contributed by atoms with Crippen LogP contribution < -0.4 is 5.32 Å². The standard InChI is InChI=1S/C18H25BFNO4/c1-17(2)18(3,4)25-19(24-17)13(11-21-5)9-12-7-8-15(20)14(10-12)16(22)23-6/h7-10,21H,11H2,1-6H3. The summed E-state index contributed by atoms with van der Waals surface area (Å²) in [6.45, 7) is 8.46. The number of hydrogen-bond donors (Lipinski definition) is 1. The van der Waals surface area contributed by atoms with E-state index in [2.05, 4.69) is 10.1 Å². The van der Waals surface area contributed by atoms with Crippen LogP contribution in [0.15, 0.2) is 23.7 Å². The van der Waals surface area contributed by atoms with Crippen LogP contribution in [-0.4, -0.2) is 45.0 Å². The molecular formula is C18H25BFNO4. The quantitative estimate of drug-likeness (QED) is 0.654.